The van der Waals surface area contributed by atoms with Gasteiger partial charge in [0.2, 0.25) is 5.91 Å². The van der Waals surface area contributed by atoms with Crippen molar-refractivity contribution >= 4 is 11.7 Å². The number of alkyl halides is 3. The molecule has 3 aromatic heterocycles. The third-order valence-electron chi connectivity index (χ3n) is 6.38. The Morgan fingerprint density at radius 2 is 2.00 bits per heavy atom. The van der Waals surface area contributed by atoms with E-state index in [0.29, 0.717) is 29.1 Å². The normalized spacial score (nSPS) is 14.5. The summed E-state index contributed by atoms with van der Waals surface area (Å²) in [4.78, 5) is 25.5. The molecule has 0 bridgehead atoms. The highest BCUT2D eigenvalue weighted by atomic mass is 19.4. The van der Waals surface area contributed by atoms with Crippen molar-refractivity contribution < 1.29 is 26.9 Å². The molecule has 4 aromatic rings. The maximum absolute atomic E-state index is 14.8. The number of hydrogen-bond donors (Lipinski definition) is 1. The van der Waals surface area contributed by atoms with E-state index >= 15 is 0 Å². The zero-order valence-electron chi connectivity index (χ0n) is 19.9. The van der Waals surface area contributed by atoms with Crippen molar-refractivity contribution in [3.63, 3.8) is 0 Å². The summed E-state index contributed by atoms with van der Waals surface area (Å²) in [7, 11) is 1.87. The highest BCUT2D eigenvalue weighted by Crippen LogP contribution is 2.59. The molecule has 0 saturated heterocycles. The fourth-order valence-electron chi connectivity index (χ4n) is 4.18. The lowest BCUT2D eigenvalue weighted by atomic mass is 10.0. The quantitative estimate of drug-likeness (QED) is 0.360. The molecule has 1 aromatic carbocycles. The van der Waals surface area contributed by atoms with E-state index < -0.39 is 23.3 Å². The number of carbonyl (C=O) groups excluding carboxylic acids is 1. The molecule has 0 atom stereocenters. The van der Waals surface area contributed by atoms with Crippen LogP contribution in [0, 0.1) is 12.7 Å². The number of nitrogens with zero attached hydrogens (tertiary/aromatic N) is 5. The van der Waals surface area contributed by atoms with Gasteiger partial charge in [0.25, 0.3) is 0 Å². The lowest BCUT2D eigenvalue weighted by molar-refractivity contribution is -0.165. The third kappa shape index (κ3) is 4.95. The second kappa shape index (κ2) is 9.09. The number of benzene rings is 1. The van der Waals surface area contributed by atoms with Gasteiger partial charge in [0.15, 0.2) is 11.6 Å². The van der Waals surface area contributed by atoms with E-state index in [0.717, 1.165) is 11.8 Å². The molecule has 3 heterocycles. The Morgan fingerprint density at radius 3 is 2.62 bits per heavy atom. The van der Waals surface area contributed by atoms with Gasteiger partial charge in [0, 0.05) is 36.8 Å². The molecule has 1 amide bonds. The monoisotopic (exact) mass is 514 g/mol. The van der Waals surface area contributed by atoms with Crippen molar-refractivity contribution in [2.45, 2.75) is 44.2 Å². The topological polar surface area (TPSA) is 98.7 Å². The van der Waals surface area contributed by atoms with Crippen molar-refractivity contribution in [1.29, 1.82) is 0 Å². The van der Waals surface area contributed by atoms with Gasteiger partial charge in [-0.05, 0) is 37.0 Å². The van der Waals surface area contributed by atoms with Crippen LogP contribution in [0.1, 0.15) is 41.4 Å². The molecule has 1 fully saturated rings. The number of halogens is 4. The van der Waals surface area contributed by atoms with E-state index in [2.05, 4.69) is 25.4 Å². The van der Waals surface area contributed by atoms with Crippen LogP contribution in [-0.2, 0) is 30.1 Å². The molecule has 0 unspecified atom stereocenters. The summed E-state index contributed by atoms with van der Waals surface area (Å²) in [5, 5.41) is 5.89. The van der Waals surface area contributed by atoms with Crippen LogP contribution in [0.15, 0.2) is 47.5 Å². The van der Waals surface area contributed by atoms with Gasteiger partial charge < -0.3 is 14.4 Å². The summed E-state index contributed by atoms with van der Waals surface area (Å²) in [5.74, 6) is -1.14. The molecule has 1 aliphatic carbocycles. The average Bonchev–Trinajstić information content (AvgIpc) is 3.37. The Balaban J connectivity index is 1.24. The van der Waals surface area contributed by atoms with Crippen molar-refractivity contribution in [2.75, 3.05) is 5.32 Å². The van der Waals surface area contributed by atoms with E-state index in [1.165, 1.54) is 12.1 Å². The zero-order chi connectivity index (χ0) is 26.4. The van der Waals surface area contributed by atoms with Gasteiger partial charge in [0.1, 0.15) is 17.1 Å². The SMILES string of the molecule is Cc1nc(Cc2cn(C)cn2)ncc1-c1ccc(CC(=O)Nc2cc(C3(C(F)(F)F)CC3)on2)c(F)c1. The number of hydrogen-bond acceptors (Lipinski definition) is 6. The van der Waals surface area contributed by atoms with Crippen LogP contribution >= 0.6 is 0 Å². The molecular formula is C25H22F4N6O2. The van der Waals surface area contributed by atoms with Gasteiger partial charge in [0.05, 0.1) is 24.9 Å². The first-order valence-electron chi connectivity index (χ1n) is 11.5. The Bertz CT molecular complexity index is 1470. The van der Waals surface area contributed by atoms with Crippen molar-refractivity contribution in [3.05, 3.63) is 77.3 Å². The number of amides is 1. The van der Waals surface area contributed by atoms with Crippen LogP contribution < -0.4 is 5.32 Å². The molecule has 5 rings (SSSR count). The number of aryl methyl sites for hydroxylation is 2. The van der Waals surface area contributed by atoms with Gasteiger partial charge in [-0.25, -0.2) is 19.3 Å². The number of carbonyl (C=O) groups is 1. The van der Waals surface area contributed by atoms with Crippen LogP contribution in [0.4, 0.5) is 23.4 Å². The first-order chi connectivity index (χ1) is 17.5. The highest BCUT2D eigenvalue weighted by Gasteiger charge is 2.66. The first-order valence-corrected chi connectivity index (χ1v) is 11.5. The van der Waals surface area contributed by atoms with Crippen LogP contribution in [0.2, 0.25) is 0 Å². The minimum absolute atomic E-state index is 0.0892. The Hall–Kier alpha value is -4.09. The van der Waals surface area contributed by atoms with Crippen LogP contribution in [0.25, 0.3) is 11.1 Å². The standard InChI is InChI=1S/C25H22F4N6O2/c1-14-18(11-30-21(32-14)9-17-12-35(2)13-31-17)15-3-4-16(19(26)7-15)8-23(36)33-22-10-20(37-34-22)24(5-6-24)25(27,28)29/h3-4,7,10-13H,5-6,8-9H2,1-2H3,(H,33,34,36). The van der Waals surface area contributed by atoms with Gasteiger partial charge in [-0.1, -0.05) is 17.3 Å². The van der Waals surface area contributed by atoms with Crippen molar-refractivity contribution in [1.82, 2.24) is 24.7 Å². The molecule has 1 aliphatic rings. The number of nitrogens with one attached hydrogen (secondary N) is 1. The number of imidazole rings is 1. The summed E-state index contributed by atoms with van der Waals surface area (Å²) in [6.45, 7) is 1.80. The number of rotatable bonds is 7. The molecule has 0 radical (unpaired) electrons. The average molecular weight is 514 g/mol. The van der Waals surface area contributed by atoms with Crippen molar-refractivity contribution in [2.24, 2.45) is 7.05 Å². The minimum atomic E-state index is -4.46. The van der Waals surface area contributed by atoms with Crippen molar-refractivity contribution in [3.8, 4) is 11.1 Å². The molecule has 37 heavy (non-hydrogen) atoms. The van der Waals surface area contributed by atoms with Crippen LogP contribution in [-0.4, -0.2) is 36.8 Å². The molecular weight excluding hydrogens is 492 g/mol. The summed E-state index contributed by atoms with van der Waals surface area (Å²) >= 11 is 0. The van der Waals surface area contributed by atoms with Crippen LogP contribution in [0.5, 0.6) is 0 Å². The lowest BCUT2D eigenvalue weighted by Crippen LogP contribution is -2.28. The third-order valence-corrected chi connectivity index (χ3v) is 6.38. The molecule has 0 spiro atoms. The predicted octanol–water partition coefficient (Wildman–Crippen LogP) is 4.68. The molecule has 0 aliphatic heterocycles. The maximum atomic E-state index is 14.8. The van der Waals surface area contributed by atoms with Crippen LogP contribution in [0.3, 0.4) is 0 Å². The molecule has 1 N–H and O–H groups in total. The molecule has 1 saturated carbocycles. The Morgan fingerprint density at radius 1 is 1.22 bits per heavy atom. The fraction of sp³-hybridized carbons (Fsp3) is 0.320. The predicted molar refractivity (Wildman–Crippen MR) is 124 cm³/mol. The summed E-state index contributed by atoms with van der Waals surface area (Å²) in [6, 6.07) is 5.49. The lowest BCUT2D eigenvalue weighted by Gasteiger charge is -2.14. The second-order valence-electron chi connectivity index (χ2n) is 9.18. The molecule has 8 nitrogen and oxygen atoms in total. The van der Waals surface area contributed by atoms with Gasteiger partial charge in [-0.3, -0.25) is 4.79 Å². The molecule has 192 valence electrons. The van der Waals surface area contributed by atoms with E-state index in [9.17, 15) is 22.4 Å². The number of anilines is 1. The smallest absolute Gasteiger partial charge is 0.358 e. The van der Waals surface area contributed by atoms with Gasteiger partial charge >= 0.3 is 6.18 Å². The van der Waals surface area contributed by atoms with Gasteiger partial charge in [-0.2, -0.15) is 13.2 Å². The number of aromatic nitrogens is 5. The largest absolute Gasteiger partial charge is 0.401 e. The maximum Gasteiger partial charge on any atom is 0.401 e. The van der Waals surface area contributed by atoms with E-state index in [-0.39, 0.29) is 36.4 Å². The zero-order valence-corrected chi connectivity index (χ0v) is 19.9. The molecule has 12 heteroatoms. The fourth-order valence-corrected chi connectivity index (χ4v) is 4.18. The van der Waals surface area contributed by atoms with Gasteiger partial charge in [-0.15, -0.1) is 0 Å². The minimum Gasteiger partial charge on any atom is -0.358 e. The van der Waals surface area contributed by atoms with E-state index in [4.69, 9.17) is 4.52 Å². The summed E-state index contributed by atoms with van der Waals surface area (Å²) in [5.41, 5.74) is 0.769. The van der Waals surface area contributed by atoms with E-state index in [1.54, 1.807) is 25.5 Å². The Kier molecular flexibility index (Phi) is 6.04. The highest BCUT2D eigenvalue weighted by molar-refractivity contribution is 5.91. The van der Waals surface area contributed by atoms with E-state index in [1.807, 2.05) is 17.8 Å². The summed E-state index contributed by atoms with van der Waals surface area (Å²) < 4.78 is 61.3. The first kappa shape index (κ1) is 24.6. The second-order valence-corrected chi connectivity index (χ2v) is 9.18. The Labute approximate surface area is 208 Å². The summed E-state index contributed by atoms with van der Waals surface area (Å²) in [6.07, 6.45) is 0.693.